The van der Waals surface area contributed by atoms with Gasteiger partial charge >= 0.3 is 19.1 Å². The maximum atomic E-state index is 14.4. The Bertz CT molecular complexity index is 1610. The number of rotatable bonds is 23. The first-order chi connectivity index (χ1) is 28.5. The smallest absolute Gasteiger partial charge is 0.481 e. The standard InChI is InChI=1S/C43H73BN6O11/c1-10-12-14-25(11-2)19-32(44-60-31-21-26-20-30(42(26,7)8)43(31,9)61-44)47-39(57)29-15-13-18-50(29)41(59)36(24(5)6)49-40(58)35(23(3)4)48-38(56)28(16-17-33(51)52)46-37(55)27(45)22-34(53)54/h23-32,35-36H,10-22,45H2,1-9H3,(H,46,55)(H,47,57)(H,48,56)(H,49,58)(H,51,52)(H,53,54)/t25?,26-,27-,28-,29-,30-,31-,32-,35-,36-,43+/m0/s1. The summed E-state index contributed by atoms with van der Waals surface area (Å²) in [7, 11) is -0.625. The summed E-state index contributed by atoms with van der Waals surface area (Å²) in [4.78, 5) is 92.8. The minimum Gasteiger partial charge on any atom is -0.481 e. The van der Waals surface area contributed by atoms with Crippen LogP contribution in [0, 0.1) is 35.0 Å². The zero-order valence-corrected chi connectivity index (χ0v) is 37.8. The van der Waals surface area contributed by atoms with Crippen molar-refractivity contribution in [1.82, 2.24) is 26.2 Å². The fourth-order valence-electron chi connectivity index (χ4n) is 10.1. The largest absolute Gasteiger partial charge is 0.481 e. The van der Waals surface area contributed by atoms with Crippen LogP contribution in [0.5, 0.6) is 0 Å². The van der Waals surface area contributed by atoms with E-state index < -0.39 is 109 Å². The van der Waals surface area contributed by atoms with Crippen LogP contribution < -0.4 is 27.0 Å². The molecule has 0 aromatic rings. The summed E-state index contributed by atoms with van der Waals surface area (Å²) in [5.74, 6) is -5.96. The molecule has 2 aliphatic heterocycles. The average Bonchev–Trinajstić information content (AvgIpc) is 3.82. The van der Waals surface area contributed by atoms with Gasteiger partial charge in [-0.15, -0.1) is 0 Å². The number of hydrogen-bond donors (Lipinski definition) is 7. The van der Waals surface area contributed by atoms with Crippen molar-refractivity contribution in [3.63, 3.8) is 0 Å². The Balaban J connectivity index is 1.48. The Hall–Kier alpha value is -3.77. The van der Waals surface area contributed by atoms with Gasteiger partial charge in [0.05, 0.1) is 30.1 Å². The zero-order valence-electron chi connectivity index (χ0n) is 37.8. The van der Waals surface area contributed by atoms with Gasteiger partial charge < -0.3 is 51.4 Å². The summed E-state index contributed by atoms with van der Waals surface area (Å²) in [6.45, 7) is 18.3. The quantitative estimate of drug-likeness (QED) is 0.0733. The Morgan fingerprint density at radius 1 is 0.852 bits per heavy atom. The molecule has 5 rings (SSSR count). The molecule has 8 N–H and O–H groups in total. The van der Waals surface area contributed by atoms with Gasteiger partial charge in [-0.1, -0.05) is 81.1 Å². The lowest BCUT2D eigenvalue weighted by molar-refractivity contribution is -0.199. The van der Waals surface area contributed by atoms with Crippen LogP contribution in [0.25, 0.3) is 0 Å². The lowest BCUT2D eigenvalue weighted by Gasteiger charge is -2.64. The Kier molecular flexibility index (Phi) is 17.2. The van der Waals surface area contributed by atoms with Gasteiger partial charge in [0, 0.05) is 13.0 Å². The summed E-state index contributed by atoms with van der Waals surface area (Å²) >= 11 is 0. The molecular formula is C43H73BN6O11. The van der Waals surface area contributed by atoms with Gasteiger partial charge in [0.2, 0.25) is 29.5 Å². The molecule has 0 radical (unpaired) electrons. The topological polar surface area (TPSA) is 256 Å². The highest BCUT2D eigenvalue weighted by Crippen LogP contribution is 2.65. The van der Waals surface area contributed by atoms with Gasteiger partial charge in [-0.05, 0) is 80.5 Å². The number of aliphatic carboxylic acids is 2. The number of nitrogens with two attached hydrogens (primary N) is 1. The van der Waals surface area contributed by atoms with E-state index in [-0.39, 0.29) is 23.8 Å². The number of amides is 5. The van der Waals surface area contributed by atoms with Crippen LogP contribution in [0.4, 0.5) is 0 Å². The summed E-state index contributed by atoms with van der Waals surface area (Å²) in [5, 5.41) is 29.3. The molecule has 0 spiro atoms. The van der Waals surface area contributed by atoms with Crippen LogP contribution >= 0.6 is 0 Å². The van der Waals surface area contributed by atoms with E-state index in [0.717, 1.165) is 38.5 Å². The highest BCUT2D eigenvalue weighted by molar-refractivity contribution is 6.48. The predicted octanol–water partition coefficient (Wildman–Crippen LogP) is 2.77. The third-order valence-electron chi connectivity index (χ3n) is 14.1. The van der Waals surface area contributed by atoms with E-state index in [2.05, 4.69) is 55.9 Å². The van der Waals surface area contributed by atoms with Crippen molar-refractivity contribution in [2.24, 2.45) is 40.7 Å². The molecule has 11 atom stereocenters. The SMILES string of the molecule is CCCCC(CC)C[C@H](NC(=O)[C@@H]1CCCN1C(=O)[C@@H](NC(=O)[C@@H](NC(=O)[C@H](CCC(=O)O)NC(=O)[C@@H](N)CC(=O)O)C(C)C)C(C)C)B1O[C@H]2C[C@@H]3C[C@@H](C3(C)C)[C@@]2(C)O1. The molecule has 2 bridgehead atoms. The van der Waals surface area contributed by atoms with E-state index in [1.54, 1.807) is 27.7 Å². The monoisotopic (exact) mass is 861 g/mol. The number of carbonyl (C=O) groups is 7. The second-order valence-corrected chi connectivity index (χ2v) is 19.5. The molecule has 344 valence electrons. The van der Waals surface area contributed by atoms with E-state index >= 15 is 0 Å². The van der Waals surface area contributed by atoms with Gasteiger partial charge in [-0.2, -0.15) is 0 Å². The molecule has 61 heavy (non-hydrogen) atoms. The van der Waals surface area contributed by atoms with Crippen LogP contribution in [0.15, 0.2) is 0 Å². The van der Waals surface area contributed by atoms with Gasteiger partial charge in [0.25, 0.3) is 0 Å². The molecule has 0 aromatic heterocycles. The van der Waals surface area contributed by atoms with Gasteiger partial charge in [0.1, 0.15) is 24.2 Å². The number of unbranched alkanes of at least 4 members (excludes halogenated alkanes) is 1. The number of carboxylic acid groups (broad SMARTS) is 2. The average molecular weight is 861 g/mol. The van der Waals surface area contributed by atoms with Gasteiger partial charge in [0.15, 0.2) is 0 Å². The first kappa shape index (κ1) is 49.9. The Labute approximate surface area is 361 Å². The van der Waals surface area contributed by atoms with E-state index in [0.29, 0.717) is 43.6 Å². The van der Waals surface area contributed by atoms with Crippen molar-refractivity contribution in [2.45, 2.75) is 187 Å². The number of likely N-dealkylation sites (tertiary alicyclic amines) is 1. The summed E-state index contributed by atoms with van der Waals surface area (Å²) < 4.78 is 13.6. The highest BCUT2D eigenvalue weighted by Gasteiger charge is 2.68. The third kappa shape index (κ3) is 11.8. The number of carboxylic acids is 2. The number of carbonyl (C=O) groups excluding carboxylic acids is 5. The molecule has 5 fully saturated rings. The van der Waals surface area contributed by atoms with E-state index in [1.165, 1.54) is 4.90 Å². The van der Waals surface area contributed by atoms with E-state index in [4.69, 9.17) is 20.1 Å². The summed E-state index contributed by atoms with van der Waals surface area (Å²) in [6, 6.07) is -6.02. The number of hydrogen-bond acceptors (Lipinski definition) is 10. The number of nitrogens with zero attached hydrogens (tertiary/aromatic N) is 1. The third-order valence-corrected chi connectivity index (χ3v) is 14.1. The first-order valence-electron chi connectivity index (χ1n) is 22.6. The fraction of sp³-hybridized carbons (Fsp3) is 0.837. The number of nitrogens with one attached hydrogen (secondary N) is 4. The molecule has 3 aliphatic carbocycles. The van der Waals surface area contributed by atoms with Crippen LogP contribution in [0.2, 0.25) is 0 Å². The molecule has 1 unspecified atom stereocenters. The zero-order chi connectivity index (χ0) is 45.6. The van der Waals surface area contributed by atoms with Crippen LogP contribution in [0.3, 0.4) is 0 Å². The lowest BCUT2D eigenvalue weighted by atomic mass is 9.43. The molecule has 0 aromatic carbocycles. The minimum atomic E-state index is -1.50. The van der Waals surface area contributed by atoms with Gasteiger partial charge in [-0.3, -0.25) is 33.6 Å². The van der Waals surface area contributed by atoms with Crippen LogP contribution in [0.1, 0.15) is 139 Å². The van der Waals surface area contributed by atoms with Crippen molar-refractivity contribution < 1.29 is 53.1 Å². The van der Waals surface area contributed by atoms with E-state index in [9.17, 15) is 38.7 Å². The fourth-order valence-corrected chi connectivity index (χ4v) is 10.1. The van der Waals surface area contributed by atoms with Crippen molar-refractivity contribution in [2.75, 3.05) is 6.54 Å². The maximum absolute atomic E-state index is 14.4. The second kappa shape index (κ2) is 21.1. The van der Waals surface area contributed by atoms with Crippen molar-refractivity contribution in [3.8, 4) is 0 Å². The summed E-state index contributed by atoms with van der Waals surface area (Å²) in [5.41, 5.74) is 5.37. The molecule has 5 amide bonds. The molecule has 2 heterocycles. The molecule has 18 heteroatoms. The minimum absolute atomic E-state index is 0.0553. The Morgan fingerprint density at radius 3 is 2.08 bits per heavy atom. The Morgan fingerprint density at radius 2 is 1.51 bits per heavy atom. The second-order valence-electron chi connectivity index (χ2n) is 19.5. The van der Waals surface area contributed by atoms with Crippen molar-refractivity contribution in [3.05, 3.63) is 0 Å². The van der Waals surface area contributed by atoms with Crippen LogP contribution in [-0.2, 0) is 42.9 Å². The highest BCUT2D eigenvalue weighted by atomic mass is 16.7. The van der Waals surface area contributed by atoms with Crippen molar-refractivity contribution in [1.29, 1.82) is 0 Å². The van der Waals surface area contributed by atoms with Gasteiger partial charge in [-0.25, -0.2) is 0 Å². The molecule has 3 saturated carbocycles. The maximum Gasteiger partial charge on any atom is 0.481 e. The normalized spacial score (nSPS) is 26.9. The molecule has 17 nitrogen and oxygen atoms in total. The summed E-state index contributed by atoms with van der Waals surface area (Å²) in [6.07, 6.45) is 6.17. The van der Waals surface area contributed by atoms with Crippen molar-refractivity contribution >= 4 is 48.6 Å². The molecule has 2 saturated heterocycles. The van der Waals surface area contributed by atoms with E-state index in [1.807, 2.05) is 0 Å². The van der Waals surface area contributed by atoms with Crippen LogP contribution in [-0.4, -0.2) is 118 Å². The molecule has 5 aliphatic rings. The predicted molar refractivity (Wildman–Crippen MR) is 227 cm³/mol. The first-order valence-corrected chi connectivity index (χ1v) is 22.6. The molecular weight excluding hydrogens is 787 g/mol. The lowest BCUT2D eigenvalue weighted by Crippen LogP contribution is -2.65.